The molecule has 1 amide bonds. The summed E-state index contributed by atoms with van der Waals surface area (Å²) in [7, 11) is -2.17. The predicted octanol–water partition coefficient (Wildman–Crippen LogP) is 4.71. The first-order chi connectivity index (χ1) is 15.9. The van der Waals surface area contributed by atoms with Gasteiger partial charge in [-0.15, -0.1) is 0 Å². The molecule has 9 heteroatoms. The third-order valence-corrected chi connectivity index (χ3v) is 7.74. The normalized spacial score (nSPS) is 14.1. The number of hydrogen-bond acceptors (Lipinski definition) is 6. The van der Waals surface area contributed by atoms with Gasteiger partial charge in [-0.25, -0.2) is 13.4 Å². The Hall–Kier alpha value is -3.04. The highest BCUT2D eigenvalue weighted by Crippen LogP contribution is 2.28. The van der Waals surface area contributed by atoms with Gasteiger partial charge in [0, 0.05) is 22.8 Å². The van der Waals surface area contributed by atoms with Gasteiger partial charge in [-0.3, -0.25) is 9.52 Å². The summed E-state index contributed by atoms with van der Waals surface area (Å²) >= 11 is 1.43. The summed E-state index contributed by atoms with van der Waals surface area (Å²) < 4.78 is 32.8. The van der Waals surface area contributed by atoms with Gasteiger partial charge < -0.3 is 10.1 Å². The third-order valence-electron chi connectivity index (χ3n) is 5.39. The molecule has 0 aliphatic heterocycles. The summed E-state index contributed by atoms with van der Waals surface area (Å²) in [6.07, 6.45) is 6.00. The standard InChI is InChI=1S/C24H25N3O4S2/c1-31-20-9-13-22(14-10-20)33(29,30)27-19-7-11-21(12-8-19)32-23-15-6-17(16-25-23)24(28)26-18-4-2-3-5-18/h6-16,18,27H,2-5H2,1H3,(H,26,28). The number of nitrogens with one attached hydrogen (secondary N) is 2. The van der Waals surface area contributed by atoms with Crippen LogP contribution in [0.1, 0.15) is 36.0 Å². The summed E-state index contributed by atoms with van der Waals surface area (Å²) in [5, 5.41) is 3.81. The molecule has 1 heterocycles. The number of sulfonamides is 1. The van der Waals surface area contributed by atoms with Crippen LogP contribution < -0.4 is 14.8 Å². The van der Waals surface area contributed by atoms with Crippen molar-refractivity contribution in [2.24, 2.45) is 0 Å². The van der Waals surface area contributed by atoms with E-state index in [2.05, 4.69) is 15.0 Å². The number of rotatable bonds is 8. The fourth-order valence-corrected chi connectivity index (χ4v) is 5.41. The van der Waals surface area contributed by atoms with E-state index in [9.17, 15) is 13.2 Å². The molecule has 4 rings (SSSR count). The second-order valence-corrected chi connectivity index (χ2v) is 10.5. The maximum absolute atomic E-state index is 12.6. The number of amides is 1. The third kappa shape index (κ3) is 6.06. The number of nitrogens with zero attached hydrogens (tertiary/aromatic N) is 1. The second-order valence-electron chi connectivity index (χ2n) is 7.75. The lowest BCUT2D eigenvalue weighted by Crippen LogP contribution is -2.32. The number of carbonyl (C=O) groups excluding carboxylic acids is 1. The van der Waals surface area contributed by atoms with Crippen molar-refractivity contribution in [3.05, 3.63) is 72.4 Å². The Morgan fingerprint density at radius 1 is 1.00 bits per heavy atom. The lowest BCUT2D eigenvalue weighted by molar-refractivity contribution is 0.0937. The van der Waals surface area contributed by atoms with Crippen molar-refractivity contribution in [3.63, 3.8) is 0 Å². The molecule has 0 unspecified atom stereocenters. The average Bonchev–Trinajstić information content (AvgIpc) is 3.34. The molecule has 1 saturated carbocycles. The van der Waals surface area contributed by atoms with Gasteiger partial charge in [-0.2, -0.15) is 0 Å². The number of hydrogen-bond donors (Lipinski definition) is 2. The maximum atomic E-state index is 12.6. The lowest BCUT2D eigenvalue weighted by Gasteiger charge is -2.12. The molecule has 2 N–H and O–H groups in total. The smallest absolute Gasteiger partial charge is 0.261 e. The highest BCUT2D eigenvalue weighted by molar-refractivity contribution is 7.99. The van der Waals surface area contributed by atoms with Crippen LogP contribution in [0.15, 0.2) is 81.7 Å². The van der Waals surface area contributed by atoms with E-state index in [-0.39, 0.29) is 16.8 Å². The summed E-state index contributed by atoms with van der Waals surface area (Å²) in [5.74, 6) is 0.505. The molecule has 33 heavy (non-hydrogen) atoms. The van der Waals surface area contributed by atoms with Crippen molar-refractivity contribution in [1.82, 2.24) is 10.3 Å². The molecule has 3 aromatic rings. The molecule has 0 saturated heterocycles. The zero-order valence-corrected chi connectivity index (χ0v) is 19.8. The van der Waals surface area contributed by atoms with Gasteiger partial charge in [0.15, 0.2) is 0 Å². The molecule has 0 atom stereocenters. The van der Waals surface area contributed by atoms with E-state index in [0.29, 0.717) is 17.0 Å². The van der Waals surface area contributed by atoms with Gasteiger partial charge in [0.25, 0.3) is 15.9 Å². The van der Waals surface area contributed by atoms with Crippen molar-refractivity contribution >= 4 is 33.4 Å². The average molecular weight is 484 g/mol. The van der Waals surface area contributed by atoms with Crippen LogP contribution in [-0.2, 0) is 10.0 Å². The summed E-state index contributed by atoms with van der Waals surface area (Å²) in [6.45, 7) is 0. The number of benzene rings is 2. The molecule has 7 nitrogen and oxygen atoms in total. The molecule has 172 valence electrons. The number of carbonyl (C=O) groups is 1. The van der Waals surface area contributed by atoms with Crippen LogP contribution >= 0.6 is 11.8 Å². The van der Waals surface area contributed by atoms with Gasteiger partial charge in [0.1, 0.15) is 10.8 Å². The van der Waals surface area contributed by atoms with Gasteiger partial charge in [0.05, 0.1) is 17.6 Å². The van der Waals surface area contributed by atoms with Crippen LogP contribution in [0.5, 0.6) is 5.75 Å². The number of anilines is 1. The van der Waals surface area contributed by atoms with Crippen molar-refractivity contribution in [1.29, 1.82) is 0 Å². The Labute approximate surface area is 198 Å². The predicted molar refractivity (Wildman–Crippen MR) is 128 cm³/mol. The summed E-state index contributed by atoms with van der Waals surface area (Å²) in [5.41, 5.74) is 1.01. The highest BCUT2D eigenvalue weighted by Gasteiger charge is 2.18. The van der Waals surface area contributed by atoms with E-state index in [1.165, 1.54) is 43.8 Å². The first-order valence-corrected chi connectivity index (χ1v) is 12.9. The Kier molecular flexibility index (Phi) is 7.20. The number of aromatic nitrogens is 1. The molecule has 2 aromatic carbocycles. The highest BCUT2D eigenvalue weighted by atomic mass is 32.2. The number of pyridine rings is 1. The minimum atomic E-state index is -3.69. The monoisotopic (exact) mass is 483 g/mol. The van der Waals surface area contributed by atoms with Crippen LogP contribution in [-0.4, -0.2) is 32.5 Å². The van der Waals surface area contributed by atoms with Crippen molar-refractivity contribution < 1.29 is 17.9 Å². The van der Waals surface area contributed by atoms with Crippen molar-refractivity contribution in [2.75, 3.05) is 11.8 Å². The molecule has 1 aromatic heterocycles. The van der Waals surface area contributed by atoms with Gasteiger partial charge in [0.2, 0.25) is 0 Å². The lowest BCUT2D eigenvalue weighted by atomic mass is 10.2. The zero-order chi connectivity index (χ0) is 23.3. The van der Waals surface area contributed by atoms with Crippen molar-refractivity contribution in [2.45, 2.75) is 46.5 Å². The quantitative estimate of drug-likeness (QED) is 0.481. The zero-order valence-electron chi connectivity index (χ0n) is 18.2. The molecular weight excluding hydrogens is 458 g/mol. The minimum absolute atomic E-state index is 0.0838. The maximum Gasteiger partial charge on any atom is 0.261 e. The van der Waals surface area contributed by atoms with Crippen LogP contribution in [0.4, 0.5) is 5.69 Å². The molecule has 0 radical (unpaired) electrons. The van der Waals surface area contributed by atoms with E-state index in [4.69, 9.17) is 4.74 Å². The Balaban J connectivity index is 1.35. The van der Waals surface area contributed by atoms with Gasteiger partial charge in [-0.05, 0) is 73.5 Å². The molecule has 1 aliphatic carbocycles. The molecule has 0 bridgehead atoms. The van der Waals surface area contributed by atoms with E-state index in [1.807, 2.05) is 18.2 Å². The van der Waals surface area contributed by atoms with E-state index in [1.54, 1.807) is 36.5 Å². The molecule has 0 spiro atoms. The minimum Gasteiger partial charge on any atom is -0.497 e. The fraction of sp³-hybridized carbons (Fsp3) is 0.250. The van der Waals surface area contributed by atoms with Crippen LogP contribution in [0.25, 0.3) is 0 Å². The van der Waals surface area contributed by atoms with E-state index < -0.39 is 10.0 Å². The first kappa shape index (κ1) is 23.1. The second kappa shape index (κ2) is 10.3. The summed E-state index contributed by atoms with van der Waals surface area (Å²) in [6, 6.07) is 17.1. The number of ether oxygens (including phenoxy) is 1. The van der Waals surface area contributed by atoms with Crippen LogP contribution in [0.2, 0.25) is 0 Å². The first-order valence-electron chi connectivity index (χ1n) is 10.6. The van der Waals surface area contributed by atoms with Crippen LogP contribution in [0.3, 0.4) is 0 Å². The van der Waals surface area contributed by atoms with E-state index >= 15 is 0 Å². The largest absolute Gasteiger partial charge is 0.497 e. The van der Waals surface area contributed by atoms with Crippen molar-refractivity contribution in [3.8, 4) is 5.75 Å². The summed E-state index contributed by atoms with van der Waals surface area (Å²) in [4.78, 5) is 17.8. The van der Waals surface area contributed by atoms with Gasteiger partial charge >= 0.3 is 0 Å². The van der Waals surface area contributed by atoms with E-state index in [0.717, 1.165) is 22.8 Å². The SMILES string of the molecule is COc1ccc(S(=O)(=O)Nc2ccc(Sc3ccc(C(=O)NC4CCCC4)cn3)cc2)cc1. The topological polar surface area (TPSA) is 97.4 Å². The Morgan fingerprint density at radius 3 is 2.30 bits per heavy atom. The van der Waals surface area contributed by atoms with Crippen LogP contribution in [0, 0.1) is 0 Å². The fourth-order valence-electron chi connectivity index (χ4n) is 3.59. The molecular formula is C24H25N3O4S2. The Morgan fingerprint density at radius 2 is 1.70 bits per heavy atom. The Bertz CT molecular complexity index is 1190. The number of methoxy groups -OCH3 is 1. The molecule has 1 aliphatic rings. The molecule has 1 fully saturated rings. The van der Waals surface area contributed by atoms with Gasteiger partial charge in [-0.1, -0.05) is 24.6 Å².